The second kappa shape index (κ2) is 10.1. The minimum absolute atomic E-state index is 0.0678. The Bertz CT molecular complexity index is 582. The summed E-state index contributed by atoms with van der Waals surface area (Å²) in [5.41, 5.74) is 6.93. The molecule has 6 nitrogen and oxygen atoms in total. The first-order chi connectivity index (χ1) is 12.0. The van der Waals surface area contributed by atoms with E-state index in [-0.39, 0.29) is 37.0 Å². The number of carbonyl (C=O) groups is 2. The first kappa shape index (κ1) is 19.3. The molecule has 1 aliphatic rings. The Balaban J connectivity index is 1.52. The maximum Gasteiger partial charge on any atom is 0.224 e. The van der Waals surface area contributed by atoms with E-state index in [1.165, 1.54) is 12.1 Å². The number of halogens is 1. The number of benzene rings is 1. The zero-order chi connectivity index (χ0) is 18.1. The van der Waals surface area contributed by atoms with E-state index in [2.05, 4.69) is 28.4 Å². The van der Waals surface area contributed by atoms with Gasteiger partial charge >= 0.3 is 0 Å². The largest absolute Gasteiger partial charge is 0.356 e. The van der Waals surface area contributed by atoms with Gasteiger partial charge in [-0.25, -0.2) is 4.39 Å². The van der Waals surface area contributed by atoms with Crippen molar-refractivity contribution >= 4 is 11.8 Å². The molecule has 1 saturated heterocycles. The third kappa shape index (κ3) is 7.19. The van der Waals surface area contributed by atoms with Crippen LogP contribution in [0.3, 0.4) is 0 Å². The van der Waals surface area contributed by atoms with Gasteiger partial charge in [-0.3, -0.25) is 20.4 Å². The number of nitrogens with one attached hydrogen (secondary N) is 4. The van der Waals surface area contributed by atoms with E-state index in [4.69, 9.17) is 0 Å². The van der Waals surface area contributed by atoms with Gasteiger partial charge in [0.1, 0.15) is 5.82 Å². The van der Waals surface area contributed by atoms with E-state index in [0.29, 0.717) is 24.1 Å². The Hall–Kier alpha value is -1.99. The maximum absolute atomic E-state index is 13.1. The second-order valence-corrected chi connectivity index (χ2v) is 6.47. The van der Waals surface area contributed by atoms with Crippen molar-refractivity contribution in [1.29, 1.82) is 0 Å². The molecule has 2 amide bonds. The van der Waals surface area contributed by atoms with Gasteiger partial charge in [-0.2, -0.15) is 0 Å². The number of hydrogen-bond donors (Lipinski definition) is 4. The summed E-state index contributed by atoms with van der Waals surface area (Å²) in [6, 6.07) is 6.41. The van der Waals surface area contributed by atoms with Crippen LogP contribution in [0.15, 0.2) is 24.3 Å². The summed E-state index contributed by atoms with van der Waals surface area (Å²) in [4.78, 5) is 23.5. The topological polar surface area (TPSA) is 82.3 Å². The van der Waals surface area contributed by atoms with E-state index < -0.39 is 0 Å². The summed E-state index contributed by atoms with van der Waals surface area (Å²) in [5.74, 6) is -0.0438. The third-order valence-corrected chi connectivity index (χ3v) is 4.40. The molecule has 0 bridgehead atoms. The lowest BCUT2D eigenvalue weighted by molar-refractivity contribution is -0.122. The van der Waals surface area contributed by atoms with Crippen LogP contribution in [0.2, 0.25) is 0 Å². The predicted octanol–water partition coefficient (Wildman–Crippen LogP) is 0.883. The van der Waals surface area contributed by atoms with Crippen LogP contribution in [-0.2, 0) is 16.0 Å². The fourth-order valence-electron chi connectivity index (χ4n) is 2.89. The van der Waals surface area contributed by atoms with Gasteiger partial charge in [0.05, 0.1) is 6.42 Å². The summed E-state index contributed by atoms with van der Waals surface area (Å²) in [5, 5.41) is 5.56. The van der Waals surface area contributed by atoms with Crippen LogP contribution in [0.4, 0.5) is 4.39 Å². The molecule has 0 aliphatic carbocycles. The lowest BCUT2D eigenvalue weighted by Gasteiger charge is -2.13. The van der Waals surface area contributed by atoms with Gasteiger partial charge in [0.15, 0.2) is 0 Å². The first-order valence-corrected chi connectivity index (χ1v) is 8.81. The Kier molecular flexibility index (Phi) is 7.81. The molecule has 0 spiro atoms. The Morgan fingerprint density at radius 3 is 2.76 bits per heavy atom. The molecule has 2 unspecified atom stereocenters. The fourth-order valence-corrected chi connectivity index (χ4v) is 2.89. The maximum atomic E-state index is 13.1. The third-order valence-electron chi connectivity index (χ3n) is 4.40. The highest BCUT2D eigenvalue weighted by molar-refractivity contribution is 5.80. The lowest BCUT2D eigenvalue weighted by atomic mass is 9.98. The molecular formula is C18H27FN4O2. The van der Waals surface area contributed by atoms with Gasteiger partial charge in [0, 0.05) is 32.1 Å². The SMILES string of the molecule is CC1NNCC1CCCNC(=O)CCNC(=O)Cc1cccc(F)c1. The molecule has 0 saturated carbocycles. The number of amides is 2. The molecule has 1 aromatic rings. The highest BCUT2D eigenvalue weighted by atomic mass is 19.1. The fraction of sp³-hybridized carbons (Fsp3) is 0.556. The van der Waals surface area contributed by atoms with Crippen LogP contribution in [-0.4, -0.2) is 37.5 Å². The molecule has 1 aromatic carbocycles. The van der Waals surface area contributed by atoms with Gasteiger partial charge in [-0.15, -0.1) is 0 Å². The average molecular weight is 350 g/mol. The molecule has 4 N–H and O–H groups in total. The normalized spacial score (nSPS) is 19.6. The lowest BCUT2D eigenvalue weighted by Crippen LogP contribution is -2.32. The van der Waals surface area contributed by atoms with Crippen molar-refractivity contribution in [2.24, 2.45) is 5.92 Å². The Morgan fingerprint density at radius 2 is 2.04 bits per heavy atom. The van der Waals surface area contributed by atoms with E-state index in [1.807, 2.05) is 0 Å². The highest BCUT2D eigenvalue weighted by Crippen LogP contribution is 2.13. The van der Waals surface area contributed by atoms with Crippen LogP contribution in [0.25, 0.3) is 0 Å². The van der Waals surface area contributed by atoms with E-state index in [0.717, 1.165) is 19.4 Å². The molecule has 25 heavy (non-hydrogen) atoms. The molecule has 7 heteroatoms. The Morgan fingerprint density at radius 1 is 1.24 bits per heavy atom. The molecular weight excluding hydrogens is 323 g/mol. The van der Waals surface area contributed by atoms with Gasteiger partial charge in [-0.1, -0.05) is 12.1 Å². The predicted molar refractivity (Wildman–Crippen MR) is 94.1 cm³/mol. The minimum Gasteiger partial charge on any atom is -0.356 e. The molecule has 138 valence electrons. The number of rotatable bonds is 9. The quantitative estimate of drug-likeness (QED) is 0.499. The van der Waals surface area contributed by atoms with Crippen LogP contribution >= 0.6 is 0 Å². The summed E-state index contributed by atoms with van der Waals surface area (Å²) in [6.45, 7) is 4.05. The molecule has 2 atom stereocenters. The molecule has 1 heterocycles. The average Bonchev–Trinajstić information content (AvgIpc) is 2.97. The standard InChI is InChI=1S/C18H27FN4O2/c1-13-15(12-22-23-13)5-3-8-20-17(24)7-9-21-18(25)11-14-4-2-6-16(19)10-14/h2,4,6,10,13,15,22-23H,3,5,7-9,11-12H2,1H3,(H,20,24)(H,21,25). The van der Waals surface area contributed by atoms with Crippen molar-refractivity contribution in [2.75, 3.05) is 19.6 Å². The molecule has 1 aliphatic heterocycles. The summed E-state index contributed by atoms with van der Waals surface area (Å²) in [7, 11) is 0. The first-order valence-electron chi connectivity index (χ1n) is 8.81. The molecule has 1 fully saturated rings. The van der Waals surface area contributed by atoms with E-state index in [1.54, 1.807) is 12.1 Å². The number of carbonyl (C=O) groups excluding carboxylic acids is 2. The van der Waals surface area contributed by atoms with E-state index >= 15 is 0 Å². The number of hydrogen-bond acceptors (Lipinski definition) is 4. The second-order valence-electron chi connectivity index (χ2n) is 6.47. The smallest absolute Gasteiger partial charge is 0.224 e. The van der Waals surface area contributed by atoms with Crippen molar-refractivity contribution in [1.82, 2.24) is 21.5 Å². The minimum atomic E-state index is -0.358. The zero-order valence-corrected chi connectivity index (χ0v) is 14.6. The molecule has 2 rings (SSSR count). The van der Waals surface area contributed by atoms with Crippen LogP contribution in [0.5, 0.6) is 0 Å². The highest BCUT2D eigenvalue weighted by Gasteiger charge is 2.21. The van der Waals surface area contributed by atoms with Crippen molar-refractivity contribution in [3.63, 3.8) is 0 Å². The van der Waals surface area contributed by atoms with E-state index in [9.17, 15) is 14.0 Å². The van der Waals surface area contributed by atoms with Crippen LogP contribution in [0, 0.1) is 11.7 Å². The monoisotopic (exact) mass is 350 g/mol. The zero-order valence-electron chi connectivity index (χ0n) is 14.6. The summed E-state index contributed by atoms with van der Waals surface area (Å²) >= 11 is 0. The summed E-state index contributed by atoms with van der Waals surface area (Å²) in [6.07, 6.45) is 2.36. The van der Waals surface area contributed by atoms with Crippen molar-refractivity contribution < 1.29 is 14.0 Å². The van der Waals surface area contributed by atoms with Crippen molar-refractivity contribution in [3.05, 3.63) is 35.6 Å². The number of hydrazine groups is 1. The van der Waals surface area contributed by atoms with Gasteiger partial charge in [0.2, 0.25) is 11.8 Å². The van der Waals surface area contributed by atoms with Crippen molar-refractivity contribution in [3.8, 4) is 0 Å². The van der Waals surface area contributed by atoms with Crippen molar-refractivity contribution in [2.45, 2.75) is 38.6 Å². The van der Waals surface area contributed by atoms with Gasteiger partial charge in [0.25, 0.3) is 0 Å². The molecule has 0 radical (unpaired) electrons. The van der Waals surface area contributed by atoms with Gasteiger partial charge < -0.3 is 10.6 Å². The van der Waals surface area contributed by atoms with Gasteiger partial charge in [-0.05, 0) is 43.4 Å². The summed E-state index contributed by atoms with van der Waals surface area (Å²) < 4.78 is 13.1. The Labute approximate surface area is 147 Å². The van der Waals surface area contributed by atoms with Crippen LogP contribution < -0.4 is 21.5 Å². The van der Waals surface area contributed by atoms with Crippen LogP contribution in [0.1, 0.15) is 31.7 Å². The molecule has 0 aromatic heterocycles.